The summed E-state index contributed by atoms with van der Waals surface area (Å²) in [6, 6.07) is 0. The van der Waals surface area contributed by atoms with E-state index in [9.17, 15) is 9.59 Å². The third-order valence-corrected chi connectivity index (χ3v) is 0.487. The number of hydrogen-bond donors (Lipinski definition) is 0. The number of amides is 1. The quantitative estimate of drug-likeness (QED) is 0.297. The molecule has 3 nitrogen and oxygen atoms in total. The molecular weight excluding hydrogens is 130 g/mol. The average molecular weight is 132 g/mol. The number of isocyanates is 1. The zero-order valence-corrected chi connectivity index (χ0v) is 4.55. The minimum absolute atomic E-state index is 0.699. The van der Waals surface area contributed by atoms with Gasteiger partial charge in [-0.25, -0.2) is 4.79 Å². The fourth-order valence-electron chi connectivity index (χ4n) is 0.136. The summed E-state index contributed by atoms with van der Waals surface area (Å²) >= 11 is 4.94. The molecule has 0 saturated carbocycles. The SMILES string of the molecule is O=C=NC(=O)C=CCl. The molecule has 0 aromatic heterocycles. The van der Waals surface area contributed by atoms with E-state index in [0.29, 0.717) is 0 Å². The lowest BCUT2D eigenvalue weighted by Crippen LogP contribution is -1.81. The molecule has 0 atom stereocenters. The fraction of sp³-hybridized carbons (Fsp3) is 0. The third-order valence-electron chi connectivity index (χ3n) is 0.361. The highest BCUT2D eigenvalue weighted by atomic mass is 35.5. The fourth-order valence-corrected chi connectivity index (χ4v) is 0.244. The van der Waals surface area contributed by atoms with Gasteiger partial charge in [0.15, 0.2) is 0 Å². The Morgan fingerprint density at radius 2 is 2.38 bits per heavy atom. The van der Waals surface area contributed by atoms with Crippen LogP contribution in [0.3, 0.4) is 0 Å². The molecule has 42 valence electrons. The summed E-state index contributed by atoms with van der Waals surface area (Å²) < 4.78 is 0. The zero-order valence-electron chi connectivity index (χ0n) is 3.80. The van der Waals surface area contributed by atoms with Gasteiger partial charge in [0.1, 0.15) is 0 Å². The van der Waals surface area contributed by atoms with E-state index in [0.717, 1.165) is 17.7 Å². The molecule has 0 heterocycles. The van der Waals surface area contributed by atoms with E-state index in [1.165, 1.54) is 0 Å². The van der Waals surface area contributed by atoms with Gasteiger partial charge in [0.2, 0.25) is 6.08 Å². The summed E-state index contributed by atoms with van der Waals surface area (Å²) in [5.41, 5.74) is 0.975. The second kappa shape index (κ2) is 4.24. The molecule has 0 fully saturated rings. The van der Waals surface area contributed by atoms with Crippen LogP contribution in [0, 0.1) is 0 Å². The van der Waals surface area contributed by atoms with Crippen LogP contribution >= 0.6 is 11.6 Å². The van der Waals surface area contributed by atoms with Crippen LogP contribution in [0.4, 0.5) is 0 Å². The third kappa shape index (κ3) is 3.28. The maximum Gasteiger partial charge on any atom is 0.281 e. The molecule has 0 radical (unpaired) electrons. The van der Waals surface area contributed by atoms with E-state index in [1.807, 2.05) is 0 Å². The van der Waals surface area contributed by atoms with Gasteiger partial charge in [0, 0.05) is 11.6 Å². The summed E-state index contributed by atoms with van der Waals surface area (Å²) in [6.07, 6.45) is 2.02. The predicted octanol–water partition coefficient (Wildman–Crippen LogP) is 0.601. The van der Waals surface area contributed by atoms with E-state index in [1.54, 1.807) is 0 Å². The number of halogens is 1. The van der Waals surface area contributed by atoms with E-state index < -0.39 is 5.91 Å². The molecule has 0 aliphatic carbocycles. The molecule has 1 amide bonds. The van der Waals surface area contributed by atoms with Gasteiger partial charge in [-0.3, -0.25) is 4.79 Å². The van der Waals surface area contributed by atoms with Crippen LogP contribution in [-0.4, -0.2) is 12.0 Å². The van der Waals surface area contributed by atoms with Gasteiger partial charge >= 0.3 is 0 Å². The summed E-state index contributed by atoms with van der Waals surface area (Å²) in [7, 11) is 0. The lowest BCUT2D eigenvalue weighted by Gasteiger charge is -1.68. The van der Waals surface area contributed by atoms with Crippen LogP contribution in [0.5, 0.6) is 0 Å². The molecular formula is C4H2ClNO2. The highest BCUT2D eigenvalue weighted by Crippen LogP contribution is 1.79. The molecule has 0 spiro atoms. The number of hydrogen-bond acceptors (Lipinski definition) is 2. The standard InChI is InChI=1S/C4H2ClNO2/c5-2-1-4(8)6-3-7/h1-2H. The Labute approximate surface area is 50.7 Å². The first-order valence-corrected chi connectivity index (χ1v) is 2.13. The Morgan fingerprint density at radius 1 is 1.75 bits per heavy atom. The van der Waals surface area contributed by atoms with Crippen molar-refractivity contribution in [1.29, 1.82) is 0 Å². The van der Waals surface area contributed by atoms with Gasteiger partial charge in [-0.05, 0) is 0 Å². The van der Waals surface area contributed by atoms with E-state index >= 15 is 0 Å². The Kier molecular flexibility index (Phi) is 3.76. The predicted molar refractivity (Wildman–Crippen MR) is 28.1 cm³/mol. The maximum absolute atomic E-state index is 10.0. The molecule has 0 saturated heterocycles. The smallest absolute Gasteiger partial charge is 0.267 e. The normalized spacial score (nSPS) is 8.62. The molecule has 0 unspecified atom stereocenters. The molecule has 0 rings (SSSR count). The lowest BCUT2D eigenvalue weighted by atomic mass is 10.6. The summed E-state index contributed by atoms with van der Waals surface area (Å²) in [5.74, 6) is -0.699. The van der Waals surface area contributed by atoms with Crippen molar-refractivity contribution < 1.29 is 9.59 Å². The summed E-state index contributed by atoms with van der Waals surface area (Å²) in [4.78, 5) is 22.0. The minimum atomic E-state index is -0.699. The Hall–Kier alpha value is -0.920. The van der Waals surface area contributed by atoms with Crippen molar-refractivity contribution in [3.8, 4) is 0 Å². The van der Waals surface area contributed by atoms with Crippen molar-refractivity contribution in [3.63, 3.8) is 0 Å². The second-order valence-corrected chi connectivity index (χ2v) is 1.09. The van der Waals surface area contributed by atoms with Crippen molar-refractivity contribution in [3.05, 3.63) is 11.6 Å². The van der Waals surface area contributed by atoms with Gasteiger partial charge in [-0.15, -0.1) is 4.99 Å². The van der Waals surface area contributed by atoms with Crippen molar-refractivity contribution in [2.75, 3.05) is 0 Å². The van der Waals surface area contributed by atoms with Crippen molar-refractivity contribution >= 4 is 23.6 Å². The highest BCUT2D eigenvalue weighted by Gasteiger charge is 1.84. The number of carbonyl (C=O) groups is 1. The van der Waals surface area contributed by atoms with Gasteiger partial charge in [-0.1, -0.05) is 11.6 Å². The molecule has 0 aromatic carbocycles. The molecule has 8 heavy (non-hydrogen) atoms. The lowest BCUT2D eigenvalue weighted by molar-refractivity contribution is -0.113. The largest absolute Gasteiger partial charge is 0.281 e. The van der Waals surface area contributed by atoms with Crippen molar-refractivity contribution in [1.82, 2.24) is 0 Å². The number of rotatable bonds is 1. The van der Waals surface area contributed by atoms with Crippen molar-refractivity contribution in [2.24, 2.45) is 4.99 Å². The average Bonchev–Trinajstić information content (AvgIpc) is 1.68. The molecule has 0 bridgehead atoms. The number of nitrogens with zero attached hydrogens (tertiary/aromatic N) is 1. The van der Waals surface area contributed by atoms with Crippen LogP contribution in [0.2, 0.25) is 0 Å². The Bertz CT molecular complexity index is 157. The summed E-state index contributed by atoms with van der Waals surface area (Å²) in [5, 5.41) is 0. The van der Waals surface area contributed by atoms with E-state index in [2.05, 4.69) is 4.99 Å². The molecule has 0 aliphatic heterocycles. The highest BCUT2D eigenvalue weighted by molar-refractivity contribution is 6.26. The maximum atomic E-state index is 10.0. The van der Waals surface area contributed by atoms with Crippen LogP contribution in [0.1, 0.15) is 0 Å². The molecule has 4 heteroatoms. The molecule has 0 N–H and O–H groups in total. The van der Waals surface area contributed by atoms with Crippen LogP contribution in [0.15, 0.2) is 16.6 Å². The Balaban J connectivity index is 3.84. The number of carbonyl (C=O) groups excluding carboxylic acids is 2. The van der Waals surface area contributed by atoms with Gasteiger partial charge in [0.25, 0.3) is 5.91 Å². The summed E-state index contributed by atoms with van der Waals surface area (Å²) in [6.45, 7) is 0. The van der Waals surface area contributed by atoms with E-state index in [-0.39, 0.29) is 0 Å². The first kappa shape index (κ1) is 7.08. The first-order chi connectivity index (χ1) is 3.81. The first-order valence-electron chi connectivity index (χ1n) is 1.70. The second-order valence-electron chi connectivity index (χ2n) is 0.834. The monoisotopic (exact) mass is 131 g/mol. The molecule has 0 aliphatic rings. The minimum Gasteiger partial charge on any atom is -0.267 e. The van der Waals surface area contributed by atoms with Crippen molar-refractivity contribution in [2.45, 2.75) is 0 Å². The topological polar surface area (TPSA) is 46.5 Å². The van der Waals surface area contributed by atoms with Gasteiger partial charge in [-0.2, -0.15) is 0 Å². The van der Waals surface area contributed by atoms with Gasteiger partial charge < -0.3 is 0 Å². The van der Waals surface area contributed by atoms with E-state index in [4.69, 9.17) is 11.6 Å². The Morgan fingerprint density at radius 3 is 2.75 bits per heavy atom. The van der Waals surface area contributed by atoms with Crippen LogP contribution in [-0.2, 0) is 9.59 Å². The molecule has 0 aromatic rings. The number of aliphatic imine (C=N–C) groups is 1. The van der Waals surface area contributed by atoms with Gasteiger partial charge in [0.05, 0.1) is 0 Å². The van der Waals surface area contributed by atoms with Crippen LogP contribution < -0.4 is 0 Å². The zero-order chi connectivity index (χ0) is 6.41. The van der Waals surface area contributed by atoms with Crippen LogP contribution in [0.25, 0.3) is 0 Å².